The molecule has 450 valence electrons. The van der Waals surface area contributed by atoms with Crippen LogP contribution < -0.4 is 26.2 Å². The molecule has 85 heavy (non-hydrogen) atoms. The van der Waals surface area contributed by atoms with Gasteiger partial charge in [0.25, 0.3) is 17.7 Å². The Morgan fingerprint density at radius 3 is 2.24 bits per heavy atom. The molecule has 21 nitrogen and oxygen atoms in total. The number of pyridine rings is 1. The second kappa shape index (κ2) is 25.1. The molecule has 7 heterocycles. The zero-order valence-electron chi connectivity index (χ0n) is 49.1. The van der Waals surface area contributed by atoms with E-state index >= 15 is 9.18 Å². The molecule has 4 fully saturated rings. The van der Waals surface area contributed by atoms with Gasteiger partial charge < -0.3 is 49.4 Å². The van der Waals surface area contributed by atoms with E-state index in [1.165, 1.54) is 31.4 Å². The van der Waals surface area contributed by atoms with Crippen molar-refractivity contribution >= 4 is 75.3 Å². The van der Waals surface area contributed by atoms with E-state index in [1.54, 1.807) is 31.5 Å². The number of carbonyl (C=O) groups excluding carboxylic acids is 7. The quantitative estimate of drug-likeness (QED) is 0.0396. The topological polar surface area (TPSA) is 239 Å². The van der Waals surface area contributed by atoms with Crippen molar-refractivity contribution in [3.05, 3.63) is 94.6 Å². The van der Waals surface area contributed by atoms with Gasteiger partial charge in [0.2, 0.25) is 23.6 Å². The fraction of sp³-hybridized carbons (Fsp3) is 0.508. The van der Waals surface area contributed by atoms with Crippen molar-refractivity contribution in [2.24, 2.45) is 0 Å². The standard InChI is InChI=1S/C63H76FN11O10/c1-37(2)67-58(78)45-34-50(48(64)29-39(45)5)69-57-56-51(66-36-73(56)38(3)4)35-49(68-57)40-9-12-47-53(30-40)74(43-32-42(33-43)71-19-7-6-8-20-71)62(82)63(47)16-21-72(22-17-63)55(77)15-23-83-25-27-85-28-26-84-24-18-65-41-10-11-44-46(31-41)61(81)75(60(44)80)52-13-14-54(76)70-59(52)79/h9-12,29-31,34-38,42-43,52,65H,6-8,13-28,32-33H2,1-5H3,(H,67,78)(H,68,69)(H,70,76,79)/t42-,43+,52?. The van der Waals surface area contributed by atoms with E-state index in [0.29, 0.717) is 111 Å². The van der Waals surface area contributed by atoms with Gasteiger partial charge in [0, 0.05) is 72.7 Å². The molecule has 6 aliphatic rings. The zero-order chi connectivity index (χ0) is 59.7. The first-order valence-corrected chi connectivity index (χ1v) is 30.1. The van der Waals surface area contributed by atoms with Gasteiger partial charge in [-0.2, -0.15) is 0 Å². The third-order valence-electron chi connectivity index (χ3n) is 17.6. The highest BCUT2D eigenvalue weighted by Gasteiger charge is 2.56. The highest BCUT2D eigenvalue weighted by molar-refractivity contribution is 6.24. The largest absolute Gasteiger partial charge is 0.383 e. The Bertz CT molecular complexity index is 3420. The van der Waals surface area contributed by atoms with Crippen molar-refractivity contribution in [2.45, 2.75) is 134 Å². The van der Waals surface area contributed by atoms with Gasteiger partial charge in [0.15, 0.2) is 5.82 Å². The number of rotatable bonds is 22. The molecule has 3 saturated heterocycles. The van der Waals surface area contributed by atoms with Crippen LogP contribution in [0.25, 0.3) is 22.3 Å². The summed E-state index contributed by atoms with van der Waals surface area (Å²) < 4.78 is 35.1. The highest BCUT2D eigenvalue weighted by atomic mass is 19.1. The van der Waals surface area contributed by atoms with Crippen LogP contribution in [0.2, 0.25) is 0 Å². The van der Waals surface area contributed by atoms with Crippen LogP contribution in [0.3, 0.4) is 0 Å². The maximum atomic E-state index is 15.9. The summed E-state index contributed by atoms with van der Waals surface area (Å²) in [4.78, 5) is 110. The summed E-state index contributed by atoms with van der Waals surface area (Å²) in [6.07, 6.45) is 8.50. The second-order valence-electron chi connectivity index (χ2n) is 23.8. The Balaban J connectivity index is 0.682. The summed E-state index contributed by atoms with van der Waals surface area (Å²) >= 11 is 0. The molecule has 11 rings (SSSR count). The van der Waals surface area contributed by atoms with Crippen LogP contribution in [0.5, 0.6) is 0 Å². The molecule has 1 saturated carbocycles. The molecule has 1 atom stereocenters. The van der Waals surface area contributed by atoms with Gasteiger partial charge in [-0.05, 0) is 146 Å². The van der Waals surface area contributed by atoms with E-state index in [0.717, 1.165) is 47.6 Å². The Labute approximate surface area is 493 Å². The van der Waals surface area contributed by atoms with Gasteiger partial charge in [-0.3, -0.25) is 43.8 Å². The van der Waals surface area contributed by atoms with Crippen molar-refractivity contribution in [3.8, 4) is 11.3 Å². The monoisotopic (exact) mass is 1170 g/mol. The SMILES string of the molecule is Cc1cc(F)c(Nc2nc(-c3ccc4c(c3)N([C@H]3C[C@@H](N5CCCCC5)C3)C(=O)C43CCN(C(=O)CCOCCOCCOCCNc4ccc5c(c4)C(=O)N(C4CCC(=O)NC4=O)C5=O)CC3)cc3ncn(C(C)C)c23)cc1C(=O)NC(C)C. The van der Waals surface area contributed by atoms with Crippen molar-refractivity contribution in [2.75, 3.05) is 87.9 Å². The number of imide groups is 2. The minimum atomic E-state index is -1.03. The van der Waals surface area contributed by atoms with Crippen LogP contribution in [-0.2, 0) is 38.8 Å². The number of hydrogen-bond donors (Lipinski definition) is 4. The number of likely N-dealkylation sites (tertiary alicyclic amines) is 2. The number of nitrogens with zero attached hydrogens (tertiary/aromatic N) is 7. The van der Waals surface area contributed by atoms with E-state index in [-0.39, 0.29) is 78.5 Å². The second-order valence-corrected chi connectivity index (χ2v) is 23.8. The van der Waals surface area contributed by atoms with E-state index in [4.69, 9.17) is 24.2 Å². The molecule has 1 unspecified atom stereocenters. The smallest absolute Gasteiger partial charge is 0.262 e. The molecule has 5 aliphatic heterocycles. The van der Waals surface area contributed by atoms with E-state index in [1.807, 2.05) is 49.3 Å². The lowest BCUT2D eigenvalue weighted by Crippen LogP contribution is -2.58. The number of benzene rings is 3. The normalized spacial score (nSPS) is 20.4. The van der Waals surface area contributed by atoms with Crippen LogP contribution in [0.4, 0.5) is 27.3 Å². The lowest BCUT2D eigenvalue weighted by Gasteiger charge is -2.48. The molecule has 2 aromatic heterocycles. The maximum absolute atomic E-state index is 15.9. The minimum Gasteiger partial charge on any atom is -0.383 e. The van der Waals surface area contributed by atoms with E-state index in [9.17, 15) is 28.8 Å². The van der Waals surface area contributed by atoms with Gasteiger partial charge >= 0.3 is 0 Å². The summed E-state index contributed by atoms with van der Waals surface area (Å²) in [6, 6.07) is 15.1. The van der Waals surface area contributed by atoms with Gasteiger partial charge in [-0.1, -0.05) is 18.6 Å². The zero-order valence-corrected chi connectivity index (χ0v) is 49.1. The first-order valence-electron chi connectivity index (χ1n) is 30.1. The predicted molar refractivity (Wildman–Crippen MR) is 316 cm³/mol. The van der Waals surface area contributed by atoms with Gasteiger partial charge in [0.1, 0.15) is 17.4 Å². The van der Waals surface area contributed by atoms with Gasteiger partial charge in [-0.25, -0.2) is 14.4 Å². The third kappa shape index (κ3) is 12.0. The number of anilines is 4. The van der Waals surface area contributed by atoms with Crippen molar-refractivity contribution in [1.82, 2.24) is 39.9 Å². The number of carbonyl (C=O) groups is 7. The summed E-state index contributed by atoms with van der Waals surface area (Å²) in [5.74, 6) is -2.60. The Morgan fingerprint density at radius 2 is 1.52 bits per heavy atom. The molecule has 3 aromatic carbocycles. The van der Waals surface area contributed by atoms with E-state index in [2.05, 4.69) is 43.2 Å². The van der Waals surface area contributed by atoms with Crippen LogP contribution in [0.1, 0.15) is 140 Å². The molecule has 0 radical (unpaired) electrons. The number of aromatic nitrogens is 3. The maximum Gasteiger partial charge on any atom is 0.262 e. The van der Waals surface area contributed by atoms with Gasteiger partial charge in [0.05, 0.1) is 85.8 Å². The highest BCUT2D eigenvalue weighted by Crippen LogP contribution is 2.52. The molecule has 22 heteroatoms. The number of fused-ring (bicyclic) bond motifs is 4. The Morgan fingerprint density at radius 1 is 0.800 bits per heavy atom. The lowest BCUT2D eigenvalue weighted by molar-refractivity contribution is -0.137. The van der Waals surface area contributed by atoms with Crippen molar-refractivity contribution < 1.29 is 52.2 Å². The number of nitrogens with one attached hydrogen (secondary N) is 4. The number of piperidine rings is 3. The molecule has 1 spiro atoms. The average molecular weight is 1170 g/mol. The summed E-state index contributed by atoms with van der Waals surface area (Å²) in [5.41, 5.74) is 5.74. The lowest BCUT2D eigenvalue weighted by atomic mass is 9.73. The Hall–Kier alpha value is -7.66. The number of amides is 7. The van der Waals surface area contributed by atoms with Crippen molar-refractivity contribution in [1.29, 1.82) is 0 Å². The number of hydrogen-bond acceptors (Lipinski definition) is 15. The van der Waals surface area contributed by atoms with Crippen LogP contribution in [0, 0.1) is 12.7 Å². The summed E-state index contributed by atoms with van der Waals surface area (Å²) in [7, 11) is 0. The molecular weight excluding hydrogens is 1090 g/mol. The first-order chi connectivity index (χ1) is 41.0. The average Bonchev–Trinajstić information content (AvgIpc) is 1.88. The summed E-state index contributed by atoms with van der Waals surface area (Å²) in [5, 5.41) is 11.6. The van der Waals surface area contributed by atoms with Crippen LogP contribution in [-0.4, -0.2) is 167 Å². The van der Waals surface area contributed by atoms with Crippen molar-refractivity contribution in [3.63, 3.8) is 0 Å². The molecule has 0 bridgehead atoms. The number of ether oxygens (including phenoxy) is 3. The molecular formula is C63H76FN11O10. The van der Waals surface area contributed by atoms with Crippen LogP contribution >= 0.6 is 0 Å². The molecule has 5 aromatic rings. The van der Waals surface area contributed by atoms with Gasteiger partial charge in [-0.15, -0.1) is 0 Å². The summed E-state index contributed by atoms with van der Waals surface area (Å²) in [6.45, 7) is 14.9. The first kappa shape index (κ1) is 59.1. The fourth-order valence-electron chi connectivity index (χ4n) is 13.0. The number of aryl methyl sites for hydroxylation is 1. The molecule has 1 aliphatic carbocycles. The predicted octanol–water partition coefficient (Wildman–Crippen LogP) is 7.19. The number of imidazole rings is 1. The van der Waals surface area contributed by atoms with E-state index < -0.39 is 40.9 Å². The fourth-order valence-corrected chi connectivity index (χ4v) is 13.0. The molecule has 7 amide bonds. The Kier molecular flexibility index (Phi) is 17.5. The number of halogens is 1. The minimum absolute atomic E-state index is 0.00709. The van der Waals surface area contributed by atoms with Crippen LogP contribution in [0.15, 0.2) is 60.9 Å². The third-order valence-corrected chi connectivity index (χ3v) is 17.6. The molecule has 4 N–H and O–H groups in total.